The molecule has 0 aliphatic rings. The van der Waals surface area contributed by atoms with Crippen molar-refractivity contribution in [2.45, 2.75) is 33.2 Å². The van der Waals surface area contributed by atoms with Crippen LogP contribution in [-0.2, 0) is 11.3 Å². The first kappa shape index (κ1) is 21.7. The highest BCUT2D eigenvalue weighted by Gasteiger charge is 2.04. The molecule has 23 heavy (non-hydrogen) atoms. The molecule has 1 aromatic rings. The lowest BCUT2D eigenvalue weighted by atomic mass is 10.3. The summed E-state index contributed by atoms with van der Waals surface area (Å²) in [5.74, 6) is 0.826. The van der Waals surface area contributed by atoms with Crippen molar-refractivity contribution in [2.24, 2.45) is 4.99 Å². The van der Waals surface area contributed by atoms with Crippen molar-refractivity contribution < 1.29 is 4.79 Å². The Kier molecular flexibility index (Phi) is 10.6. The van der Waals surface area contributed by atoms with E-state index in [1.807, 2.05) is 11.6 Å². The number of hydrogen-bond donors (Lipinski definition) is 2. The summed E-state index contributed by atoms with van der Waals surface area (Å²) >= 11 is 0. The molecule has 0 spiro atoms. The molecule has 1 aromatic heterocycles. The van der Waals surface area contributed by atoms with Gasteiger partial charge in [0.15, 0.2) is 5.96 Å². The van der Waals surface area contributed by atoms with Gasteiger partial charge in [-0.05, 0) is 26.3 Å². The Morgan fingerprint density at radius 1 is 1.30 bits per heavy atom. The molecule has 0 radical (unpaired) electrons. The molecule has 0 bridgehead atoms. The number of nitrogens with one attached hydrogen (secondary N) is 2. The predicted molar refractivity (Wildman–Crippen MR) is 104 cm³/mol. The van der Waals surface area contributed by atoms with Crippen molar-refractivity contribution in [3.05, 3.63) is 17.5 Å². The fourth-order valence-electron chi connectivity index (χ4n) is 2.07. The Morgan fingerprint density at radius 2 is 1.96 bits per heavy atom. The van der Waals surface area contributed by atoms with E-state index in [1.54, 1.807) is 26.0 Å². The van der Waals surface area contributed by atoms with E-state index in [0.29, 0.717) is 13.0 Å². The van der Waals surface area contributed by atoms with Gasteiger partial charge < -0.3 is 15.5 Å². The Hall–Kier alpha value is -1.32. The fourth-order valence-corrected chi connectivity index (χ4v) is 2.07. The summed E-state index contributed by atoms with van der Waals surface area (Å²) in [6, 6.07) is 2.08. The van der Waals surface area contributed by atoms with Crippen LogP contribution < -0.4 is 10.6 Å². The first-order valence-electron chi connectivity index (χ1n) is 7.59. The van der Waals surface area contributed by atoms with Gasteiger partial charge in [-0.2, -0.15) is 5.10 Å². The van der Waals surface area contributed by atoms with Gasteiger partial charge in [0, 0.05) is 52.9 Å². The summed E-state index contributed by atoms with van der Waals surface area (Å²) < 4.78 is 2.02. The number of guanidine groups is 1. The third kappa shape index (κ3) is 8.19. The number of halogens is 1. The van der Waals surface area contributed by atoms with E-state index in [0.717, 1.165) is 31.2 Å². The molecule has 2 N–H and O–H groups in total. The zero-order valence-corrected chi connectivity index (χ0v) is 17.0. The number of rotatable bonds is 7. The third-order valence-electron chi connectivity index (χ3n) is 3.30. The molecule has 1 rings (SSSR count). The molecule has 1 heterocycles. The van der Waals surface area contributed by atoms with Crippen molar-refractivity contribution >= 4 is 35.8 Å². The minimum Gasteiger partial charge on any atom is -0.356 e. The second kappa shape index (κ2) is 11.3. The molecular formula is C15H29IN6O. The molecule has 0 aliphatic heterocycles. The normalized spacial score (nSPS) is 10.9. The predicted octanol–water partition coefficient (Wildman–Crippen LogP) is 1.15. The monoisotopic (exact) mass is 436 g/mol. The largest absolute Gasteiger partial charge is 0.356 e. The third-order valence-corrected chi connectivity index (χ3v) is 3.30. The summed E-state index contributed by atoms with van der Waals surface area (Å²) in [7, 11) is 5.24. The molecule has 0 unspecified atom stereocenters. The minimum absolute atomic E-state index is 0. The first-order valence-corrected chi connectivity index (χ1v) is 7.59. The smallest absolute Gasteiger partial charge is 0.223 e. The van der Waals surface area contributed by atoms with Crippen molar-refractivity contribution in [3.8, 4) is 0 Å². The van der Waals surface area contributed by atoms with Crippen LogP contribution in [-0.4, -0.2) is 60.8 Å². The van der Waals surface area contributed by atoms with E-state index < -0.39 is 0 Å². The number of amides is 1. The molecule has 0 fully saturated rings. The van der Waals surface area contributed by atoms with Crippen LogP contribution in [0.3, 0.4) is 0 Å². The van der Waals surface area contributed by atoms with Gasteiger partial charge in [0.25, 0.3) is 0 Å². The van der Waals surface area contributed by atoms with E-state index in [-0.39, 0.29) is 29.9 Å². The molecule has 7 nitrogen and oxygen atoms in total. The molecule has 0 atom stereocenters. The topological polar surface area (TPSA) is 74.5 Å². The Labute approximate surface area is 155 Å². The van der Waals surface area contributed by atoms with Gasteiger partial charge in [-0.3, -0.25) is 14.5 Å². The van der Waals surface area contributed by atoms with Crippen molar-refractivity contribution in [3.63, 3.8) is 0 Å². The number of nitrogens with zero attached hydrogens (tertiary/aromatic N) is 4. The van der Waals surface area contributed by atoms with Crippen LogP contribution in [0.2, 0.25) is 0 Å². The van der Waals surface area contributed by atoms with E-state index in [2.05, 4.69) is 33.7 Å². The summed E-state index contributed by atoms with van der Waals surface area (Å²) in [6.45, 7) is 6.33. The molecule has 132 valence electrons. The standard InChI is InChI=1S/C15H28N6O.HI/c1-12-11-13(2)21(19-12)10-6-8-17-15(16-3)18-9-7-14(22)20(4)5;/h11H,6-10H2,1-5H3,(H2,16,17,18);1H. The molecule has 1 amide bonds. The van der Waals surface area contributed by atoms with E-state index in [1.165, 1.54) is 5.69 Å². The molecule has 8 heteroatoms. The van der Waals surface area contributed by atoms with Crippen LogP contribution in [0, 0.1) is 13.8 Å². The number of hydrogen-bond acceptors (Lipinski definition) is 3. The maximum absolute atomic E-state index is 11.5. The second-order valence-electron chi connectivity index (χ2n) is 5.47. The van der Waals surface area contributed by atoms with Crippen molar-refractivity contribution in [1.29, 1.82) is 0 Å². The van der Waals surface area contributed by atoms with Gasteiger partial charge in [0.1, 0.15) is 0 Å². The molecule has 0 aliphatic carbocycles. The average molecular weight is 436 g/mol. The summed E-state index contributed by atoms with van der Waals surface area (Å²) in [4.78, 5) is 17.2. The lowest BCUT2D eigenvalue weighted by molar-refractivity contribution is -0.128. The quantitative estimate of drug-likeness (QED) is 0.291. The lowest BCUT2D eigenvalue weighted by Crippen LogP contribution is -2.39. The van der Waals surface area contributed by atoms with E-state index in [9.17, 15) is 4.79 Å². The van der Waals surface area contributed by atoms with Crippen LogP contribution in [0.15, 0.2) is 11.1 Å². The molecule has 0 aromatic carbocycles. The number of aromatic nitrogens is 2. The zero-order chi connectivity index (χ0) is 16.5. The van der Waals surface area contributed by atoms with Gasteiger partial charge in [0.05, 0.1) is 5.69 Å². The summed E-state index contributed by atoms with van der Waals surface area (Å²) in [5.41, 5.74) is 2.23. The Morgan fingerprint density at radius 3 is 2.48 bits per heavy atom. The van der Waals surface area contributed by atoms with Gasteiger partial charge in [0.2, 0.25) is 5.91 Å². The highest BCUT2D eigenvalue weighted by molar-refractivity contribution is 14.0. The summed E-state index contributed by atoms with van der Waals surface area (Å²) in [5, 5.41) is 10.8. The highest BCUT2D eigenvalue weighted by atomic mass is 127. The molecule has 0 saturated heterocycles. The first-order chi connectivity index (χ1) is 10.4. The molecule has 0 saturated carbocycles. The van der Waals surface area contributed by atoms with Gasteiger partial charge in [-0.15, -0.1) is 24.0 Å². The number of aryl methyl sites for hydroxylation is 3. The van der Waals surface area contributed by atoms with Crippen LogP contribution in [0.1, 0.15) is 24.2 Å². The van der Waals surface area contributed by atoms with Gasteiger partial charge in [-0.1, -0.05) is 0 Å². The Bertz CT molecular complexity index is 512. The average Bonchev–Trinajstić information content (AvgIpc) is 2.79. The van der Waals surface area contributed by atoms with Gasteiger partial charge in [-0.25, -0.2) is 0 Å². The fraction of sp³-hybridized carbons (Fsp3) is 0.667. The number of carbonyl (C=O) groups is 1. The number of carbonyl (C=O) groups excluding carboxylic acids is 1. The molecular weight excluding hydrogens is 407 g/mol. The van der Waals surface area contributed by atoms with Crippen LogP contribution in [0.25, 0.3) is 0 Å². The van der Waals surface area contributed by atoms with Gasteiger partial charge >= 0.3 is 0 Å². The van der Waals surface area contributed by atoms with Crippen molar-refractivity contribution in [1.82, 2.24) is 25.3 Å². The lowest BCUT2D eigenvalue weighted by Gasteiger charge is -2.13. The maximum Gasteiger partial charge on any atom is 0.223 e. The second-order valence-corrected chi connectivity index (χ2v) is 5.47. The Balaban J connectivity index is 0.00000484. The maximum atomic E-state index is 11.5. The van der Waals surface area contributed by atoms with Crippen LogP contribution >= 0.6 is 24.0 Å². The minimum atomic E-state index is 0. The highest BCUT2D eigenvalue weighted by Crippen LogP contribution is 2.02. The van der Waals surface area contributed by atoms with E-state index >= 15 is 0 Å². The summed E-state index contributed by atoms with van der Waals surface area (Å²) in [6.07, 6.45) is 1.42. The SMILES string of the molecule is CN=C(NCCCn1nc(C)cc1C)NCCC(=O)N(C)C.I. The van der Waals surface area contributed by atoms with Crippen molar-refractivity contribution in [2.75, 3.05) is 34.2 Å². The number of aliphatic imine (C=N–C) groups is 1. The van der Waals surface area contributed by atoms with E-state index in [4.69, 9.17) is 0 Å². The zero-order valence-electron chi connectivity index (χ0n) is 14.7. The van der Waals surface area contributed by atoms with Crippen LogP contribution in [0.5, 0.6) is 0 Å². The van der Waals surface area contributed by atoms with Crippen LogP contribution in [0.4, 0.5) is 0 Å².